The van der Waals surface area contributed by atoms with E-state index in [0.29, 0.717) is 16.9 Å². The zero-order valence-electron chi connectivity index (χ0n) is 16.7. The van der Waals surface area contributed by atoms with Gasteiger partial charge < -0.3 is 4.57 Å². The van der Waals surface area contributed by atoms with Gasteiger partial charge in [-0.05, 0) is 30.7 Å². The predicted octanol–water partition coefficient (Wildman–Crippen LogP) is 5.04. The highest BCUT2D eigenvalue weighted by molar-refractivity contribution is 7.91. The third-order valence-electron chi connectivity index (χ3n) is 4.55. The van der Waals surface area contributed by atoms with Crippen LogP contribution in [-0.2, 0) is 21.8 Å². The first kappa shape index (κ1) is 22.2. The molecule has 0 radical (unpaired) electrons. The molecule has 0 unspecified atom stereocenters. The summed E-state index contributed by atoms with van der Waals surface area (Å²) >= 11 is 0. The second-order valence-electron chi connectivity index (χ2n) is 8.02. The van der Waals surface area contributed by atoms with Crippen molar-refractivity contribution in [2.75, 3.05) is 0 Å². The van der Waals surface area contributed by atoms with E-state index in [1.807, 2.05) is 20.8 Å². The molecule has 10 heteroatoms. The van der Waals surface area contributed by atoms with Crippen LogP contribution in [0.4, 0.5) is 17.6 Å². The third-order valence-corrected chi connectivity index (χ3v) is 6.30. The highest BCUT2D eigenvalue weighted by Crippen LogP contribution is 2.31. The summed E-state index contributed by atoms with van der Waals surface area (Å²) in [4.78, 5) is 7.55. The molecule has 0 fully saturated rings. The van der Waals surface area contributed by atoms with Crippen molar-refractivity contribution in [3.05, 3.63) is 48.3 Å². The highest BCUT2D eigenvalue weighted by atomic mass is 32.2. The summed E-state index contributed by atoms with van der Waals surface area (Å²) < 4.78 is 78.5. The Morgan fingerprint density at radius 1 is 1.03 bits per heavy atom. The largest absolute Gasteiger partial charge is 0.389 e. The maximum Gasteiger partial charge on any atom is 0.389 e. The molecule has 0 saturated carbocycles. The molecule has 3 aromatic rings. The number of hydrogen-bond acceptors (Lipinski definition) is 4. The van der Waals surface area contributed by atoms with Crippen molar-refractivity contribution >= 4 is 20.9 Å². The first-order valence-electron chi connectivity index (χ1n) is 9.23. The molecule has 0 aliphatic carbocycles. The molecule has 0 amide bonds. The normalized spacial score (nSPS) is 13.2. The molecular weight excluding hydrogens is 422 g/mol. The van der Waals surface area contributed by atoms with Crippen LogP contribution in [0.5, 0.6) is 0 Å². The van der Waals surface area contributed by atoms with Gasteiger partial charge in [0, 0.05) is 30.6 Å². The molecule has 0 spiro atoms. The quantitative estimate of drug-likeness (QED) is 0.409. The highest BCUT2D eigenvalue weighted by Gasteiger charge is 2.28. The molecule has 0 aliphatic rings. The SMILES string of the molecule is CC(C)(C)c1nc2cc(S(=O)(=O)c3ccnc(F)c3)ccc2n1CCCC(F)(F)F. The summed E-state index contributed by atoms with van der Waals surface area (Å²) in [6, 6.07) is 6.26. The zero-order chi connectivity index (χ0) is 22.3. The van der Waals surface area contributed by atoms with Gasteiger partial charge in [-0.15, -0.1) is 0 Å². The second-order valence-corrected chi connectivity index (χ2v) is 9.97. The monoisotopic (exact) mass is 443 g/mol. The number of aryl methyl sites for hydroxylation is 1. The van der Waals surface area contributed by atoms with Crippen molar-refractivity contribution in [3.63, 3.8) is 0 Å². The van der Waals surface area contributed by atoms with Crippen molar-refractivity contribution in [1.29, 1.82) is 0 Å². The summed E-state index contributed by atoms with van der Waals surface area (Å²) in [5.74, 6) is -0.356. The van der Waals surface area contributed by atoms with E-state index in [0.717, 1.165) is 12.3 Å². The summed E-state index contributed by atoms with van der Waals surface area (Å²) in [5.41, 5.74) is 0.425. The minimum atomic E-state index is -4.25. The number of sulfone groups is 1. The van der Waals surface area contributed by atoms with Crippen LogP contribution in [0.25, 0.3) is 11.0 Å². The lowest BCUT2D eigenvalue weighted by atomic mass is 9.95. The molecule has 1 aromatic carbocycles. The zero-order valence-corrected chi connectivity index (χ0v) is 17.5. The fourth-order valence-electron chi connectivity index (χ4n) is 3.20. The summed E-state index contributed by atoms with van der Waals surface area (Å²) in [6.07, 6.45) is -4.22. The predicted molar refractivity (Wildman–Crippen MR) is 103 cm³/mol. The van der Waals surface area contributed by atoms with E-state index < -0.39 is 33.8 Å². The van der Waals surface area contributed by atoms with Crippen molar-refractivity contribution in [2.45, 2.75) is 61.5 Å². The Bertz CT molecular complexity index is 1180. The Morgan fingerprint density at radius 3 is 2.30 bits per heavy atom. The molecule has 0 N–H and O–H groups in total. The summed E-state index contributed by atoms with van der Waals surface area (Å²) in [5, 5.41) is 0. The van der Waals surface area contributed by atoms with Gasteiger partial charge in [-0.3, -0.25) is 0 Å². The van der Waals surface area contributed by atoms with E-state index in [4.69, 9.17) is 0 Å². The molecule has 0 bridgehead atoms. The van der Waals surface area contributed by atoms with Crippen LogP contribution in [0.2, 0.25) is 0 Å². The van der Waals surface area contributed by atoms with Crippen LogP contribution in [0.3, 0.4) is 0 Å². The number of nitrogens with zero attached hydrogens (tertiary/aromatic N) is 3. The average molecular weight is 443 g/mol. The Morgan fingerprint density at radius 2 is 1.70 bits per heavy atom. The first-order valence-corrected chi connectivity index (χ1v) is 10.7. The molecule has 30 heavy (non-hydrogen) atoms. The number of hydrogen-bond donors (Lipinski definition) is 0. The molecule has 2 heterocycles. The third kappa shape index (κ3) is 4.63. The maximum atomic E-state index is 13.4. The molecule has 2 aromatic heterocycles. The van der Waals surface area contributed by atoms with E-state index >= 15 is 0 Å². The standard InChI is InChI=1S/C20H21F4N3O2S/c1-19(2,3)18-26-15-11-13(30(28,29)14-7-9-25-17(21)12-14)5-6-16(15)27(18)10-4-8-20(22,23)24/h5-7,9,11-12H,4,8,10H2,1-3H3. The van der Waals surface area contributed by atoms with E-state index in [2.05, 4.69) is 9.97 Å². The van der Waals surface area contributed by atoms with Crippen molar-refractivity contribution in [1.82, 2.24) is 14.5 Å². The number of pyridine rings is 1. The van der Waals surface area contributed by atoms with Gasteiger partial charge in [0.1, 0.15) is 5.82 Å². The Kier molecular flexibility index (Phi) is 5.66. The second kappa shape index (κ2) is 7.64. The van der Waals surface area contributed by atoms with Crippen molar-refractivity contribution in [2.24, 2.45) is 0 Å². The van der Waals surface area contributed by atoms with E-state index in [1.54, 1.807) is 4.57 Å². The topological polar surface area (TPSA) is 64.8 Å². The van der Waals surface area contributed by atoms with Gasteiger partial charge in [-0.25, -0.2) is 18.4 Å². The molecule has 162 valence electrons. The Labute approximate surface area is 171 Å². The summed E-state index contributed by atoms with van der Waals surface area (Å²) in [6.45, 7) is 5.74. The number of rotatable bonds is 5. The van der Waals surface area contributed by atoms with Crippen LogP contribution in [0, 0.1) is 5.95 Å². The van der Waals surface area contributed by atoms with Crippen molar-refractivity contribution in [3.8, 4) is 0 Å². The Hall–Kier alpha value is -2.49. The summed E-state index contributed by atoms with van der Waals surface area (Å²) in [7, 11) is -4.01. The van der Waals surface area contributed by atoms with Gasteiger partial charge >= 0.3 is 6.18 Å². The lowest BCUT2D eigenvalue weighted by molar-refractivity contribution is -0.135. The number of alkyl halides is 3. The van der Waals surface area contributed by atoms with Crippen LogP contribution in [0.15, 0.2) is 46.3 Å². The van der Waals surface area contributed by atoms with Gasteiger partial charge in [0.05, 0.1) is 20.8 Å². The molecule has 3 rings (SSSR count). The lowest BCUT2D eigenvalue weighted by Crippen LogP contribution is -2.20. The number of fused-ring (bicyclic) bond motifs is 1. The van der Waals surface area contributed by atoms with Crippen LogP contribution >= 0.6 is 0 Å². The number of aromatic nitrogens is 3. The fraction of sp³-hybridized carbons (Fsp3) is 0.400. The van der Waals surface area contributed by atoms with Crippen molar-refractivity contribution < 1.29 is 26.0 Å². The Balaban J connectivity index is 2.07. The number of benzene rings is 1. The number of halogens is 4. The first-order chi connectivity index (χ1) is 13.8. The molecule has 5 nitrogen and oxygen atoms in total. The number of imidazole rings is 1. The average Bonchev–Trinajstić information content (AvgIpc) is 2.99. The van der Waals surface area contributed by atoms with E-state index in [-0.39, 0.29) is 22.8 Å². The van der Waals surface area contributed by atoms with Gasteiger partial charge in [0.15, 0.2) is 0 Å². The molecule has 0 aliphatic heterocycles. The van der Waals surface area contributed by atoms with E-state index in [9.17, 15) is 26.0 Å². The molecule has 0 saturated heterocycles. The minimum absolute atomic E-state index is 0.0824. The van der Waals surface area contributed by atoms with Crippen LogP contribution in [-0.4, -0.2) is 29.1 Å². The minimum Gasteiger partial charge on any atom is -0.328 e. The fourth-order valence-corrected chi connectivity index (χ4v) is 4.48. The lowest BCUT2D eigenvalue weighted by Gasteiger charge is -2.20. The molecule has 0 atom stereocenters. The van der Waals surface area contributed by atoms with Crippen LogP contribution in [0.1, 0.15) is 39.4 Å². The van der Waals surface area contributed by atoms with Gasteiger partial charge in [-0.2, -0.15) is 17.6 Å². The van der Waals surface area contributed by atoms with Gasteiger partial charge in [0.2, 0.25) is 15.8 Å². The smallest absolute Gasteiger partial charge is 0.328 e. The maximum absolute atomic E-state index is 13.4. The van der Waals surface area contributed by atoms with Crippen LogP contribution < -0.4 is 0 Å². The van der Waals surface area contributed by atoms with Gasteiger partial charge in [-0.1, -0.05) is 20.8 Å². The van der Waals surface area contributed by atoms with E-state index in [1.165, 1.54) is 24.3 Å². The molecular formula is C20H21F4N3O2S. The van der Waals surface area contributed by atoms with Gasteiger partial charge in [0.25, 0.3) is 0 Å².